The number of nitrogens with zero attached hydrogens (tertiary/aromatic N) is 1. The lowest BCUT2D eigenvalue weighted by Crippen LogP contribution is -2.15. The van der Waals surface area contributed by atoms with Gasteiger partial charge in [0.25, 0.3) is 15.9 Å². The molecule has 0 aliphatic rings. The van der Waals surface area contributed by atoms with E-state index in [-0.39, 0.29) is 28.6 Å². The zero-order chi connectivity index (χ0) is 16.3. The predicted octanol–water partition coefficient (Wildman–Crippen LogP) is 2.61. The van der Waals surface area contributed by atoms with Gasteiger partial charge in [-0.05, 0) is 38.1 Å². The first kappa shape index (κ1) is 16.3. The van der Waals surface area contributed by atoms with E-state index in [0.717, 1.165) is 0 Å². The fourth-order valence-electron chi connectivity index (χ4n) is 1.68. The van der Waals surface area contributed by atoms with Crippen LogP contribution in [0, 0.1) is 6.92 Å². The lowest BCUT2D eigenvalue weighted by atomic mass is 10.2. The number of anilines is 1. The van der Waals surface area contributed by atoms with Crippen molar-refractivity contribution in [1.82, 2.24) is 5.16 Å². The highest BCUT2D eigenvalue weighted by Gasteiger charge is 2.26. The Morgan fingerprint density at radius 3 is 2.59 bits per heavy atom. The molecule has 0 amide bonds. The number of nitrogens with one attached hydrogen (secondary N) is 1. The van der Waals surface area contributed by atoms with Crippen molar-refractivity contribution in [3.63, 3.8) is 0 Å². The van der Waals surface area contributed by atoms with Crippen molar-refractivity contribution in [3.8, 4) is 0 Å². The molecule has 0 atom stereocenters. The molecule has 1 aromatic carbocycles. The number of ether oxygens (including phenoxy) is 1. The molecular weight excluding hydrogens is 332 g/mol. The van der Waals surface area contributed by atoms with E-state index in [0.29, 0.717) is 5.02 Å². The molecule has 0 saturated carbocycles. The summed E-state index contributed by atoms with van der Waals surface area (Å²) in [5, 5.41) is 3.99. The molecule has 0 fully saturated rings. The molecule has 2 aromatic rings. The Morgan fingerprint density at radius 1 is 1.36 bits per heavy atom. The Balaban J connectivity index is 2.34. The minimum atomic E-state index is -3.94. The summed E-state index contributed by atoms with van der Waals surface area (Å²) in [5.41, 5.74) is 0.173. The first-order chi connectivity index (χ1) is 10.3. The molecule has 1 aromatic heterocycles. The number of esters is 1. The minimum Gasteiger partial charge on any atom is -0.462 e. The van der Waals surface area contributed by atoms with Crippen LogP contribution in [0.1, 0.15) is 23.0 Å². The molecule has 7 nitrogen and oxygen atoms in total. The fourth-order valence-corrected chi connectivity index (χ4v) is 2.80. The molecule has 1 heterocycles. The summed E-state index contributed by atoms with van der Waals surface area (Å²) >= 11 is 5.72. The van der Waals surface area contributed by atoms with E-state index in [4.69, 9.17) is 20.9 Å². The van der Waals surface area contributed by atoms with E-state index < -0.39 is 16.0 Å². The van der Waals surface area contributed by atoms with Crippen molar-refractivity contribution >= 4 is 33.5 Å². The number of halogens is 1. The summed E-state index contributed by atoms with van der Waals surface area (Å²) in [4.78, 5) is 11.8. The van der Waals surface area contributed by atoms with Crippen LogP contribution in [0.15, 0.2) is 33.7 Å². The monoisotopic (exact) mass is 344 g/mol. The Hall–Kier alpha value is -2.06. The van der Waals surface area contributed by atoms with Crippen molar-refractivity contribution < 1.29 is 22.5 Å². The second-order valence-corrected chi connectivity index (χ2v) is 6.37. The van der Waals surface area contributed by atoms with Crippen LogP contribution in [0.3, 0.4) is 0 Å². The third-order valence-electron chi connectivity index (χ3n) is 2.69. The van der Waals surface area contributed by atoms with Crippen LogP contribution in [0.25, 0.3) is 0 Å². The molecule has 2 rings (SSSR count). The second kappa shape index (κ2) is 6.37. The van der Waals surface area contributed by atoms with Crippen LogP contribution < -0.4 is 4.72 Å². The van der Waals surface area contributed by atoms with Crippen LogP contribution in [0.4, 0.5) is 5.88 Å². The van der Waals surface area contributed by atoms with Crippen LogP contribution >= 0.6 is 11.6 Å². The van der Waals surface area contributed by atoms with Crippen LogP contribution in [-0.4, -0.2) is 26.2 Å². The topological polar surface area (TPSA) is 98.5 Å². The quantitative estimate of drug-likeness (QED) is 0.837. The summed E-state index contributed by atoms with van der Waals surface area (Å²) in [6, 6.07) is 5.54. The predicted molar refractivity (Wildman–Crippen MR) is 79.5 cm³/mol. The number of carbonyl (C=O) groups excluding carboxylic acids is 1. The minimum absolute atomic E-state index is 0.0271. The van der Waals surface area contributed by atoms with E-state index in [2.05, 4.69) is 9.88 Å². The summed E-state index contributed by atoms with van der Waals surface area (Å²) in [5.74, 6) is -0.999. The van der Waals surface area contributed by atoms with Gasteiger partial charge in [0.2, 0.25) is 0 Å². The lowest BCUT2D eigenvalue weighted by molar-refractivity contribution is 0.0526. The largest absolute Gasteiger partial charge is 0.462 e. The molecule has 0 aliphatic heterocycles. The Bertz CT molecular complexity index is 783. The van der Waals surface area contributed by atoms with Gasteiger partial charge in [0, 0.05) is 5.02 Å². The molecule has 118 valence electrons. The van der Waals surface area contributed by atoms with E-state index >= 15 is 0 Å². The molecular formula is C13H13ClN2O5S. The first-order valence-electron chi connectivity index (χ1n) is 6.27. The van der Waals surface area contributed by atoms with Gasteiger partial charge in [-0.2, -0.15) is 0 Å². The Kier molecular flexibility index (Phi) is 4.72. The summed E-state index contributed by atoms with van der Waals surface area (Å²) in [6.45, 7) is 3.29. The van der Waals surface area contributed by atoms with Gasteiger partial charge >= 0.3 is 5.97 Å². The van der Waals surface area contributed by atoms with Crippen molar-refractivity contribution in [1.29, 1.82) is 0 Å². The maximum atomic E-state index is 12.3. The van der Waals surface area contributed by atoms with Gasteiger partial charge in [-0.1, -0.05) is 16.8 Å². The Labute approximate surface area is 132 Å². The number of hydrogen-bond donors (Lipinski definition) is 1. The summed E-state index contributed by atoms with van der Waals surface area (Å²) in [7, 11) is -3.94. The van der Waals surface area contributed by atoms with Gasteiger partial charge in [0.05, 0.1) is 17.2 Å². The highest BCUT2D eigenvalue weighted by molar-refractivity contribution is 7.92. The van der Waals surface area contributed by atoms with Gasteiger partial charge < -0.3 is 9.26 Å². The Morgan fingerprint density at radius 2 is 2.00 bits per heavy atom. The molecule has 1 N–H and O–H groups in total. The molecule has 0 bridgehead atoms. The van der Waals surface area contributed by atoms with E-state index in [1.54, 1.807) is 6.92 Å². The van der Waals surface area contributed by atoms with Gasteiger partial charge in [0.1, 0.15) is 5.56 Å². The summed E-state index contributed by atoms with van der Waals surface area (Å²) < 4.78 is 36.4. The number of carbonyl (C=O) groups is 1. The fraction of sp³-hybridized carbons (Fsp3) is 0.231. The molecule has 0 spiro atoms. The average Bonchev–Trinajstić information content (AvgIpc) is 2.80. The van der Waals surface area contributed by atoms with Crippen molar-refractivity contribution in [3.05, 3.63) is 40.5 Å². The maximum absolute atomic E-state index is 12.3. The molecule has 0 unspecified atom stereocenters. The summed E-state index contributed by atoms with van der Waals surface area (Å²) in [6.07, 6.45) is 0. The maximum Gasteiger partial charge on any atom is 0.345 e. The lowest BCUT2D eigenvalue weighted by Gasteiger charge is -2.07. The van der Waals surface area contributed by atoms with Crippen molar-refractivity contribution in [2.45, 2.75) is 18.7 Å². The number of hydrogen-bond acceptors (Lipinski definition) is 6. The standard InChI is InChI=1S/C13H13ClN2O5S/c1-3-20-13(17)11-8(2)15-21-12(11)16-22(18,19)10-6-4-9(14)5-7-10/h4-7,16H,3H2,1-2H3. The van der Waals surface area contributed by atoms with Crippen LogP contribution in [0.2, 0.25) is 5.02 Å². The molecule has 0 saturated heterocycles. The molecule has 9 heteroatoms. The van der Waals surface area contributed by atoms with Crippen molar-refractivity contribution in [2.75, 3.05) is 11.3 Å². The number of aromatic nitrogens is 1. The second-order valence-electron chi connectivity index (χ2n) is 4.25. The third kappa shape index (κ3) is 3.40. The van der Waals surface area contributed by atoms with Crippen molar-refractivity contribution in [2.24, 2.45) is 0 Å². The third-order valence-corrected chi connectivity index (χ3v) is 4.29. The van der Waals surface area contributed by atoms with Gasteiger partial charge in [-0.25, -0.2) is 17.9 Å². The SMILES string of the molecule is CCOC(=O)c1c(C)noc1NS(=O)(=O)c1ccc(Cl)cc1. The van der Waals surface area contributed by atoms with E-state index in [9.17, 15) is 13.2 Å². The van der Waals surface area contributed by atoms with E-state index in [1.165, 1.54) is 31.2 Å². The normalized spacial score (nSPS) is 11.2. The zero-order valence-electron chi connectivity index (χ0n) is 11.8. The molecule has 22 heavy (non-hydrogen) atoms. The first-order valence-corrected chi connectivity index (χ1v) is 8.13. The number of sulfonamides is 1. The highest BCUT2D eigenvalue weighted by Crippen LogP contribution is 2.24. The van der Waals surface area contributed by atoms with Gasteiger partial charge in [0.15, 0.2) is 0 Å². The van der Waals surface area contributed by atoms with Crippen LogP contribution in [-0.2, 0) is 14.8 Å². The molecule has 0 radical (unpaired) electrons. The molecule has 0 aliphatic carbocycles. The number of rotatable bonds is 5. The number of aryl methyl sites for hydroxylation is 1. The highest BCUT2D eigenvalue weighted by atomic mass is 35.5. The number of benzene rings is 1. The van der Waals surface area contributed by atoms with E-state index in [1.807, 2.05) is 0 Å². The van der Waals surface area contributed by atoms with Gasteiger partial charge in [-0.15, -0.1) is 0 Å². The zero-order valence-corrected chi connectivity index (χ0v) is 13.4. The average molecular weight is 345 g/mol. The van der Waals surface area contributed by atoms with Gasteiger partial charge in [-0.3, -0.25) is 0 Å². The van der Waals surface area contributed by atoms with Crippen LogP contribution in [0.5, 0.6) is 0 Å². The smallest absolute Gasteiger partial charge is 0.345 e.